The third kappa shape index (κ3) is 6.27. The first kappa shape index (κ1) is 28.2. The van der Waals surface area contributed by atoms with E-state index in [-0.39, 0.29) is 12.7 Å². The molecule has 8 nitrogen and oxygen atoms in total. The van der Waals surface area contributed by atoms with Crippen LogP contribution in [0.4, 0.5) is 5.82 Å². The van der Waals surface area contributed by atoms with Crippen molar-refractivity contribution in [1.29, 1.82) is 0 Å². The summed E-state index contributed by atoms with van der Waals surface area (Å²) in [6.45, 7) is 3.91. The smallest absolute Gasteiger partial charge is 0.231 e. The molecule has 2 aliphatic heterocycles. The fourth-order valence-corrected chi connectivity index (χ4v) is 5.91. The summed E-state index contributed by atoms with van der Waals surface area (Å²) in [5.41, 5.74) is 3.98. The maximum Gasteiger partial charge on any atom is 0.231 e. The molecule has 0 bridgehead atoms. The molecule has 42 heavy (non-hydrogen) atoms. The number of hydrogen-bond donors (Lipinski definition) is 0. The number of aromatic nitrogens is 1. The van der Waals surface area contributed by atoms with Crippen LogP contribution in [0.15, 0.2) is 71.6 Å². The molecule has 4 aromatic rings. The summed E-state index contributed by atoms with van der Waals surface area (Å²) in [5.74, 6) is 3.21. The number of amides is 1. The summed E-state index contributed by atoms with van der Waals surface area (Å²) < 4.78 is 22.3. The standard InChI is InChI=1S/C33H35N3O5S/c1-38-29-6-4-3-5-24(29)9-12-32(37)36(20-23-7-11-30-31(17-23)41-22-40-30)21-26-18-25-8-10-27(42-2)19-28(25)34-33(26)35-13-15-39-16-14-35/h3-8,10-11,17-19H,9,12-16,20-22H2,1-2H3. The predicted octanol–water partition coefficient (Wildman–Crippen LogP) is 5.69. The second kappa shape index (κ2) is 12.9. The topological polar surface area (TPSA) is 73.4 Å². The van der Waals surface area contributed by atoms with Crippen LogP contribution in [0.3, 0.4) is 0 Å². The molecule has 6 rings (SSSR count). The molecular formula is C33H35N3O5S. The largest absolute Gasteiger partial charge is 0.496 e. The molecule has 1 amide bonds. The molecule has 1 fully saturated rings. The molecule has 0 atom stereocenters. The lowest BCUT2D eigenvalue weighted by Crippen LogP contribution is -2.38. The lowest BCUT2D eigenvalue weighted by Gasteiger charge is -2.31. The number of hydrogen-bond acceptors (Lipinski definition) is 8. The van der Waals surface area contributed by atoms with Crippen LogP contribution < -0.4 is 19.1 Å². The van der Waals surface area contributed by atoms with Crippen molar-refractivity contribution in [2.45, 2.75) is 30.8 Å². The minimum atomic E-state index is 0.0596. The first-order chi connectivity index (χ1) is 20.6. The van der Waals surface area contributed by atoms with E-state index in [9.17, 15) is 4.79 Å². The minimum absolute atomic E-state index is 0.0596. The molecule has 3 heterocycles. The maximum atomic E-state index is 14.0. The van der Waals surface area contributed by atoms with Crippen molar-refractivity contribution in [2.75, 3.05) is 51.4 Å². The van der Waals surface area contributed by atoms with Gasteiger partial charge in [0.15, 0.2) is 11.5 Å². The van der Waals surface area contributed by atoms with Gasteiger partial charge in [-0.1, -0.05) is 30.3 Å². The Bertz CT molecular complexity index is 1570. The van der Waals surface area contributed by atoms with E-state index >= 15 is 0 Å². The number of methoxy groups -OCH3 is 1. The summed E-state index contributed by atoms with van der Waals surface area (Å²) >= 11 is 1.71. The number of para-hydroxylation sites is 1. The van der Waals surface area contributed by atoms with Crippen molar-refractivity contribution in [2.24, 2.45) is 0 Å². The van der Waals surface area contributed by atoms with Crippen molar-refractivity contribution in [3.05, 3.63) is 83.4 Å². The van der Waals surface area contributed by atoms with Crippen molar-refractivity contribution < 1.29 is 23.7 Å². The molecule has 0 radical (unpaired) electrons. The molecule has 1 aromatic heterocycles. The molecule has 0 saturated carbocycles. The number of carbonyl (C=O) groups excluding carboxylic acids is 1. The monoisotopic (exact) mass is 585 g/mol. The van der Waals surface area contributed by atoms with Crippen LogP contribution >= 0.6 is 11.8 Å². The molecule has 218 valence electrons. The molecule has 0 N–H and O–H groups in total. The number of thioether (sulfide) groups is 1. The third-order valence-electron chi connectivity index (χ3n) is 7.72. The van der Waals surface area contributed by atoms with Gasteiger partial charge in [-0.3, -0.25) is 4.79 Å². The number of benzene rings is 3. The quantitative estimate of drug-likeness (QED) is 0.220. The lowest BCUT2D eigenvalue weighted by molar-refractivity contribution is -0.132. The number of aryl methyl sites for hydroxylation is 1. The van der Waals surface area contributed by atoms with Gasteiger partial charge in [-0.05, 0) is 60.2 Å². The third-order valence-corrected chi connectivity index (χ3v) is 8.44. The number of morpholine rings is 1. The van der Waals surface area contributed by atoms with Gasteiger partial charge in [-0.2, -0.15) is 0 Å². The Balaban J connectivity index is 1.33. The average molecular weight is 586 g/mol. The SMILES string of the molecule is COc1ccccc1CCC(=O)N(Cc1ccc2c(c1)OCO2)Cc1cc2ccc(SC)cc2nc1N1CCOCC1. The van der Waals surface area contributed by atoms with Crippen molar-refractivity contribution in [3.8, 4) is 17.2 Å². The fraction of sp³-hybridized carbons (Fsp3) is 0.333. The van der Waals surface area contributed by atoms with Gasteiger partial charge in [-0.15, -0.1) is 11.8 Å². The van der Waals surface area contributed by atoms with Crippen LogP contribution in [0.5, 0.6) is 17.2 Å². The normalized spacial score (nSPS) is 14.3. The van der Waals surface area contributed by atoms with E-state index in [1.807, 2.05) is 47.4 Å². The van der Waals surface area contributed by atoms with E-state index in [0.29, 0.717) is 44.9 Å². The fourth-order valence-electron chi connectivity index (χ4n) is 5.48. The summed E-state index contributed by atoms with van der Waals surface area (Å²) in [4.78, 5) is 24.5. The van der Waals surface area contributed by atoms with Gasteiger partial charge in [0, 0.05) is 48.4 Å². The minimum Gasteiger partial charge on any atom is -0.496 e. The highest BCUT2D eigenvalue weighted by Gasteiger charge is 2.23. The van der Waals surface area contributed by atoms with Gasteiger partial charge in [0.25, 0.3) is 0 Å². The van der Waals surface area contributed by atoms with Gasteiger partial charge in [0.1, 0.15) is 11.6 Å². The number of rotatable bonds is 10. The lowest BCUT2D eigenvalue weighted by atomic mass is 10.1. The highest BCUT2D eigenvalue weighted by molar-refractivity contribution is 7.98. The summed E-state index contributed by atoms with van der Waals surface area (Å²) in [6.07, 6.45) is 3.02. The van der Waals surface area contributed by atoms with Crippen LogP contribution in [-0.2, 0) is 29.0 Å². The Kier molecular flexibility index (Phi) is 8.67. The van der Waals surface area contributed by atoms with Gasteiger partial charge in [0.05, 0.1) is 25.8 Å². The Morgan fingerprint density at radius 1 is 0.976 bits per heavy atom. The predicted molar refractivity (Wildman–Crippen MR) is 165 cm³/mol. The van der Waals surface area contributed by atoms with E-state index in [1.54, 1.807) is 18.9 Å². The zero-order valence-electron chi connectivity index (χ0n) is 24.0. The van der Waals surface area contributed by atoms with E-state index < -0.39 is 0 Å². The van der Waals surface area contributed by atoms with Gasteiger partial charge in [-0.25, -0.2) is 4.98 Å². The number of pyridine rings is 1. The number of fused-ring (bicyclic) bond motifs is 2. The number of nitrogens with zero attached hydrogens (tertiary/aromatic N) is 3. The van der Waals surface area contributed by atoms with E-state index in [0.717, 1.165) is 58.0 Å². The summed E-state index contributed by atoms with van der Waals surface area (Å²) in [7, 11) is 1.66. The van der Waals surface area contributed by atoms with Gasteiger partial charge >= 0.3 is 0 Å². The van der Waals surface area contributed by atoms with Crippen LogP contribution in [0, 0.1) is 0 Å². The van der Waals surface area contributed by atoms with Gasteiger partial charge < -0.3 is 28.7 Å². The molecule has 2 aliphatic rings. The Morgan fingerprint density at radius 3 is 2.64 bits per heavy atom. The Morgan fingerprint density at radius 2 is 1.81 bits per heavy atom. The van der Waals surface area contributed by atoms with E-state index in [1.165, 1.54) is 4.90 Å². The number of ether oxygens (including phenoxy) is 4. The molecule has 0 unspecified atom stereocenters. The average Bonchev–Trinajstić information content (AvgIpc) is 3.51. The zero-order valence-corrected chi connectivity index (χ0v) is 24.8. The van der Waals surface area contributed by atoms with Crippen molar-refractivity contribution >= 4 is 34.4 Å². The zero-order chi connectivity index (χ0) is 28.9. The molecule has 3 aromatic carbocycles. The van der Waals surface area contributed by atoms with Crippen LogP contribution in [-0.4, -0.2) is 62.3 Å². The molecule has 1 saturated heterocycles. The second-order valence-electron chi connectivity index (χ2n) is 10.4. The first-order valence-electron chi connectivity index (χ1n) is 14.2. The molecular weight excluding hydrogens is 550 g/mol. The van der Waals surface area contributed by atoms with Crippen molar-refractivity contribution in [3.63, 3.8) is 0 Å². The Hall–Kier alpha value is -3.95. The summed E-state index contributed by atoms with van der Waals surface area (Å²) in [5, 5.41) is 1.06. The van der Waals surface area contributed by atoms with Crippen LogP contribution in [0.1, 0.15) is 23.1 Å². The molecule has 0 aliphatic carbocycles. The highest BCUT2D eigenvalue weighted by Crippen LogP contribution is 2.34. The molecule has 0 spiro atoms. The first-order valence-corrected chi connectivity index (χ1v) is 15.4. The highest BCUT2D eigenvalue weighted by atomic mass is 32.2. The number of anilines is 1. The summed E-state index contributed by atoms with van der Waals surface area (Å²) in [6, 6.07) is 22.3. The second-order valence-corrected chi connectivity index (χ2v) is 11.3. The van der Waals surface area contributed by atoms with Gasteiger partial charge in [0.2, 0.25) is 12.7 Å². The van der Waals surface area contributed by atoms with Crippen LogP contribution in [0.25, 0.3) is 10.9 Å². The van der Waals surface area contributed by atoms with Crippen molar-refractivity contribution in [1.82, 2.24) is 9.88 Å². The molecule has 9 heteroatoms. The van der Waals surface area contributed by atoms with Crippen LogP contribution in [0.2, 0.25) is 0 Å². The number of carbonyl (C=O) groups is 1. The van der Waals surface area contributed by atoms with E-state index in [4.69, 9.17) is 23.9 Å². The van der Waals surface area contributed by atoms with E-state index in [2.05, 4.69) is 35.4 Å². The Labute approximate surface area is 250 Å². The maximum absolute atomic E-state index is 14.0.